The maximum absolute atomic E-state index is 11.1. The summed E-state index contributed by atoms with van der Waals surface area (Å²) in [7, 11) is 0. The molecule has 0 aliphatic rings. The van der Waals surface area contributed by atoms with E-state index < -0.39 is 5.91 Å². The van der Waals surface area contributed by atoms with Gasteiger partial charge in [-0.3, -0.25) is 4.79 Å². The van der Waals surface area contributed by atoms with Gasteiger partial charge in [0.2, 0.25) is 5.91 Å². The molecule has 1 atom stereocenters. The molecule has 0 radical (unpaired) electrons. The van der Waals surface area contributed by atoms with Gasteiger partial charge in [-0.15, -0.1) is 6.58 Å². The van der Waals surface area contributed by atoms with Gasteiger partial charge >= 0.3 is 0 Å². The maximum Gasteiger partial charge on any atom is 0.250 e. The molecule has 4 nitrogen and oxygen atoms in total. The molecule has 2 aromatic rings. The first kappa shape index (κ1) is 16.0. The van der Waals surface area contributed by atoms with Gasteiger partial charge in [0.05, 0.1) is 16.6 Å². The number of nitrogens with zero attached hydrogens (tertiary/aromatic N) is 1. The van der Waals surface area contributed by atoms with Crippen LogP contribution >= 0.6 is 11.6 Å². The Labute approximate surface area is 135 Å². The van der Waals surface area contributed by atoms with E-state index in [9.17, 15) is 4.79 Å². The summed E-state index contributed by atoms with van der Waals surface area (Å²) in [6.07, 6.45) is 5.03. The molecule has 1 heterocycles. The highest BCUT2D eigenvalue weighted by molar-refractivity contribution is 6.33. The summed E-state index contributed by atoms with van der Waals surface area (Å²) in [4.78, 5) is 15.3. The Morgan fingerprint density at radius 2 is 2.14 bits per heavy atom. The average molecular weight is 316 g/mol. The zero-order chi connectivity index (χ0) is 15.9. The molecular weight excluding hydrogens is 298 g/mol. The highest BCUT2D eigenvalue weighted by atomic mass is 35.5. The van der Waals surface area contributed by atoms with Crippen LogP contribution in [0.5, 0.6) is 0 Å². The topological polar surface area (TPSA) is 68.0 Å². The van der Waals surface area contributed by atoms with Gasteiger partial charge in [0, 0.05) is 6.20 Å². The predicted molar refractivity (Wildman–Crippen MR) is 90.0 cm³/mol. The lowest BCUT2D eigenvalue weighted by atomic mass is 10.0. The summed E-state index contributed by atoms with van der Waals surface area (Å²) in [6.45, 7) is 3.76. The van der Waals surface area contributed by atoms with Crippen LogP contribution in [-0.4, -0.2) is 10.9 Å². The number of carbonyl (C=O) groups excluding carboxylic acids is 1. The van der Waals surface area contributed by atoms with Crippen molar-refractivity contribution in [1.82, 2.24) is 4.98 Å². The van der Waals surface area contributed by atoms with Crippen LogP contribution in [0.3, 0.4) is 0 Å². The monoisotopic (exact) mass is 315 g/mol. The van der Waals surface area contributed by atoms with Gasteiger partial charge in [0.15, 0.2) is 0 Å². The molecule has 5 heteroatoms. The van der Waals surface area contributed by atoms with E-state index in [1.54, 1.807) is 0 Å². The summed E-state index contributed by atoms with van der Waals surface area (Å²) in [5, 5.41) is 3.69. The Morgan fingerprint density at radius 1 is 1.41 bits per heavy atom. The second-order valence-electron chi connectivity index (χ2n) is 4.89. The van der Waals surface area contributed by atoms with Gasteiger partial charge in [-0.25, -0.2) is 4.98 Å². The SMILES string of the molecule is C=CCCC(Nc1ncc(C(N)=O)cc1Cl)c1ccccc1. The predicted octanol–water partition coefficient (Wildman–Crippen LogP) is 3.95. The van der Waals surface area contributed by atoms with Gasteiger partial charge in [-0.05, 0) is 24.5 Å². The molecule has 0 spiro atoms. The summed E-state index contributed by atoms with van der Waals surface area (Å²) in [6, 6.07) is 11.6. The molecule has 114 valence electrons. The van der Waals surface area contributed by atoms with Crippen molar-refractivity contribution in [3.63, 3.8) is 0 Å². The fraction of sp³-hybridized carbons (Fsp3) is 0.176. The largest absolute Gasteiger partial charge is 0.366 e. The maximum atomic E-state index is 11.1. The number of pyridine rings is 1. The Bertz CT molecular complexity index is 658. The number of carbonyl (C=O) groups is 1. The summed E-state index contributed by atoms with van der Waals surface area (Å²) in [5.41, 5.74) is 6.65. The molecule has 0 bridgehead atoms. The van der Waals surface area contributed by atoms with E-state index in [0.29, 0.717) is 10.8 Å². The highest BCUT2D eigenvalue weighted by Crippen LogP contribution is 2.27. The smallest absolute Gasteiger partial charge is 0.250 e. The van der Waals surface area contributed by atoms with Crippen LogP contribution < -0.4 is 11.1 Å². The van der Waals surface area contributed by atoms with Crippen molar-refractivity contribution < 1.29 is 4.79 Å². The molecule has 1 unspecified atom stereocenters. The van der Waals surface area contributed by atoms with Crippen molar-refractivity contribution in [3.8, 4) is 0 Å². The number of hydrogen-bond donors (Lipinski definition) is 2. The van der Waals surface area contributed by atoms with Crippen molar-refractivity contribution in [3.05, 3.63) is 71.4 Å². The third-order valence-corrected chi connectivity index (χ3v) is 3.59. The number of rotatable bonds is 7. The lowest BCUT2D eigenvalue weighted by Gasteiger charge is -2.20. The van der Waals surface area contributed by atoms with E-state index in [2.05, 4.69) is 16.9 Å². The molecule has 0 saturated carbocycles. The lowest BCUT2D eigenvalue weighted by molar-refractivity contribution is 0.1000. The zero-order valence-electron chi connectivity index (χ0n) is 12.1. The normalized spacial score (nSPS) is 11.7. The molecule has 0 fully saturated rings. The van der Waals surface area contributed by atoms with Crippen LogP contribution in [0.2, 0.25) is 5.02 Å². The second kappa shape index (κ2) is 7.61. The third-order valence-electron chi connectivity index (χ3n) is 3.30. The number of allylic oxidation sites excluding steroid dienone is 1. The lowest BCUT2D eigenvalue weighted by Crippen LogP contribution is -2.14. The molecule has 1 aromatic carbocycles. The molecule has 0 saturated heterocycles. The van der Waals surface area contributed by atoms with Crippen LogP contribution in [0.15, 0.2) is 55.3 Å². The van der Waals surface area contributed by atoms with Gasteiger partial charge in [0.25, 0.3) is 0 Å². The quantitative estimate of drug-likeness (QED) is 0.760. The van der Waals surface area contributed by atoms with Crippen molar-refractivity contribution in [2.45, 2.75) is 18.9 Å². The van der Waals surface area contributed by atoms with E-state index >= 15 is 0 Å². The highest BCUT2D eigenvalue weighted by Gasteiger charge is 2.14. The molecule has 3 N–H and O–H groups in total. The zero-order valence-corrected chi connectivity index (χ0v) is 12.9. The molecular formula is C17H18ClN3O. The minimum Gasteiger partial charge on any atom is -0.366 e. The number of amides is 1. The molecule has 0 aliphatic heterocycles. The molecule has 2 rings (SSSR count). The number of anilines is 1. The van der Waals surface area contributed by atoms with Crippen LogP contribution in [0, 0.1) is 0 Å². The fourth-order valence-electron chi connectivity index (χ4n) is 2.14. The standard InChI is InChI=1S/C17H18ClN3O/c1-2-3-9-15(12-7-5-4-6-8-12)21-17-14(18)10-13(11-20-17)16(19)22/h2,4-8,10-11,15H,1,3,9H2,(H2,19,22)(H,20,21). The summed E-state index contributed by atoms with van der Waals surface area (Å²) >= 11 is 6.19. The Kier molecular flexibility index (Phi) is 5.55. The van der Waals surface area contributed by atoms with E-state index in [-0.39, 0.29) is 11.6 Å². The number of hydrogen-bond acceptors (Lipinski definition) is 3. The third kappa shape index (κ3) is 4.09. The van der Waals surface area contributed by atoms with Crippen LogP contribution in [0.1, 0.15) is 34.8 Å². The average Bonchev–Trinajstić information content (AvgIpc) is 2.53. The number of nitrogens with one attached hydrogen (secondary N) is 1. The molecule has 1 aromatic heterocycles. The fourth-order valence-corrected chi connectivity index (χ4v) is 2.36. The number of nitrogens with two attached hydrogens (primary N) is 1. The first-order chi connectivity index (χ1) is 10.6. The van der Waals surface area contributed by atoms with Crippen LogP contribution in [0.4, 0.5) is 5.82 Å². The molecule has 22 heavy (non-hydrogen) atoms. The van der Waals surface area contributed by atoms with E-state index in [1.165, 1.54) is 12.3 Å². The van der Waals surface area contributed by atoms with Crippen molar-refractivity contribution in [2.75, 3.05) is 5.32 Å². The number of benzene rings is 1. The van der Waals surface area contributed by atoms with Crippen molar-refractivity contribution in [2.24, 2.45) is 5.73 Å². The van der Waals surface area contributed by atoms with E-state index in [1.807, 2.05) is 36.4 Å². The minimum atomic E-state index is -0.549. The van der Waals surface area contributed by atoms with E-state index in [0.717, 1.165) is 18.4 Å². The molecule has 0 aliphatic carbocycles. The van der Waals surface area contributed by atoms with Gasteiger partial charge in [0.1, 0.15) is 5.82 Å². The number of primary amides is 1. The molecule has 1 amide bonds. The summed E-state index contributed by atoms with van der Waals surface area (Å²) in [5.74, 6) is -0.0169. The minimum absolute atomic E-state index is 0.0589. The van der Waals surface area contributed by atoms with Crippen LogP contribution in [0.25, 0.3) is 0 Å². The second-order valence-corrected chi connectivity index (χ2v) is 5.30. The first-order valence-electron chi connectivity index (χ1n) is 6.99. The van der Waals surface area contributed by atoms with E-state index in [4.69, 9.17) is 17.3 Å². The van der Waals surface area contributed by atoms with Gasteiger partial charge in [-0.2, -0.15) is 0 Å². The van der Waals surface area contributed by atoms with Crippen LogP contribution in [-0.2, 0) is 0 Å². The number of halogens is 1. The Balaban J connectivity index is 2.23. The van der Waals surface area contributed by atoms with Crippen molar-refractivity contribution >= 4 is 23.3 Å². The van der Waals surface area contributed by atoms with Crippen molar-refractivity contribution in [1.29, 1.82) is 0 Å². The first-order valence-corrected chi connectivity index (χ1v) is 7.37. The van der Waals surface area contributed by atoms with Gasteiger partial charge < -0.3 is 11.1 Å². The Morgan fingerprint density at radius 3 is 2.73 bits per heavy atom. The van der Waals surface area contributed by atoms with Gasteiger partial charge in [-0.1, -0.05) is 48.0 Å². The Hall–Kier alpha value is -2.33. The number of aromatic nitrogens is 1. The summed E-state index contributed by atoms with van der Waals surface area (Å²) < 4.78 is 0.